The van der Waals surface area contributed by atoms with Crippen LogP contribution in [0.25, 0.3) is 0 Å². The van der Waals surface area contributed by atoms with Crippen molar-refractivity contribution in [3.63, 3.8) is 0 Å². The highest BCUT2D eigenvalue weighted by Gasteiger charge is 2.25. The van der Waals surface area contributed by atoms with Crippen LogP contribution in [0.3, 0.4) is 0 Å². The van der Waals surface area contributed by atoms with E-state index >= 15 is 0 Å². The first-order valence-corrected chi connectivity index (χ1v) is 7.73. The average molecular weight is 353 g/mol. The lowest BCUT2D eigenvalue weighted by Gasteiger charge is -2.24. The van der Waals surface area contributed by atoms with Crippen molar-refractivity contribution in [1.29, 1.82) is 0 Å². The molecule has 0 spiro atoms. The van der Waals surface area contributed by atoms with Crippen LogP contribution in [0.4, 0.5) is 20.4 Å². The summed E-state index contributed by atoms with van der Waals surface area (Å²) in [6, 6.07) is -3.33. The maximum absolute atomic E-state index is 12.4. The fraction of sp³-hybridized carbons (Fsp3) is 0.538. The number of anilines is 1. The molecule has 0 aromatic carbocycles. The van der Waals surface area contributed by atoms with Gasteiger partial charge in [-0.25, -0.2) is 14.4 Å². The SMILES string of the molecule is CCCN1CC(=O)NC(=O)NC(=O)Nc2nnc(o2)C(CC)NC1=O. The third kappa shape index (κ3) is 4.89. The molecule has 4 N–H and O–H groups in total. The molecule has 136 valence electrons. The van der Waals surface area contributed by atoms with E-state index in [4.69, 9.17) is 4.42 Å². The molecule has 7 amide bonds. The van der Waals surface area contributed by atoms with Crippen molar-refractivity contribution < 1.29 is 23.6 Å². The van der Waals surface area contributed by atoms with Crippen LogP contribution in [0.2, 0.25) is 0 Å². The summed E-state index contributed by atoms with van der Waals surface area (Å²) in [5.41, 5.74) is 0. The zero-order chi connectivity index (χ0) is 18.4. The molecule has 1 atom stereocenters. The summed E-state index contributed by atoms with van der Waals surface area (Å²) in [5, 5.41) is 16.1. The molecular formula is C13H19N7O5. The second-order valence-corrected chi connectivity index (χ2v) is 5.23. The molecular weight excluding hydrogens is 334 g/mol. The van der Waals surface area contributed by atoms with Gasteiger partial charge in [0, 0.05) is 6.54 Å². The van der Waals surface area contributed by atoms with Gasteiger partial charge in [0.05, 0.1) is 0 Å². The highest BCUT2D eigenvalue weighted by molar-refractivity contribution is 6.05. The Morgan fingerprint density at radius 1 is 1.08 bits per heavy atom. The number of imide groups is 2. The largest absolute Gasteiger partial charge is 0.405 e. The molecule has 25 heavy (non-hydrogen) atoms. The number of rotatable bonds is 3. The summed E-state index contributed by atoms with van der Waals surface area (Å²) in [7, 11) is 0. The molecule has 0 aliphatic carbocycles. The Labute approximate surface area is 142 Å². The first-order chi connectivity index (χ1) is 11.9. The van der Waals surface area contributed by atoms with E-state index in [9.17, 15) is 19.2 Å². The van der Waals surface area contributed by atoms with Gasteiger partial charge in [-0.2, -0.15) is 0 Å². The third-order valence-corrected chi connectivity index (χ3v) is 3.26. The van der Waals surface area contributed by atoms with E-state index < -0.39 is 30.0 Å². The number of aromatic nitrogens is 2. The topological polar surface area (TPSA) is 159 Å². The molecule has 12 heteroatoms. The van der Waals surface area contributed by atoms with Gasteiger partial charge in [-0.1, -0.05) is 18.9 Å². The van der Waals surface area contributed by atoms with E-state index in [1.807, 2.05) is 17.6 Å². The summed E-state index contributed by atoms with van der Waals surface area (Å²) >= 11 is 0. The van der Waals surface area contributed by atoms with Gasteiger partial charge in [0.1, 0.15) is 12.6 Å². The Morgan fingerprint density at radius 3 is 2.48 bits per heavy atom. The smallest absolute Gasteiger partial charge is 0.330 e. The maximum Gasteiger partial charge on any atom is 0.330 e. The molecule has 0 radical (unpaired) electrons. The van der Waals surface area contributed by atoms with E-state index in [1.54, 1.807) is 6.92 Å². The van der Waals surface area contributed by atoms with Crippen LogP contribution in [-0.4, -0.2) is 52.2 Å². The first kappa shape index (κ1) is 18.2. The third-order valence-electron chi connectivity index (χ3n) is 3.26. The van der Waals surface area contributed by atoms with Crippen molar-refractivity contribution >= 4 is 30.0 Å². The Morgan fingerprint density at radius 2 is 1.80 bits per heavy atom. The minimum atomic E-state index is -1.04. The Hall–Kier alpha value is -3.18. The maximum atomic E-state index is 12.4. The molecule has 2 heterocycles. The fourth-order valence-electron chi connectivity index (χ4n) is 2.13. The second-order valence-electron chi connectivity index (χ2n) is 5.23. The number of carbonyl (C=O) groups is 4. The fourth-order valence-corrected chi connectivity index (χ4v) is 2.13. The molecule has 1 aromatic rings. The van der Waals surface area contributed by atoms with Crippen LogP contribution in [-0.2, 0) is 4.79 Å². The number of fused-ring (bicyclic) bond motifs is 2. The first-order valence-electron chi connectivity index (χ1n) is 7.73. The molecule has 0 saturated carbocycles. The van der Waals surface area contributed by atoms with Gasteiger partial charge in [-0.15, -0.1) is 5.10 Å². The van der Waals surface area contributed by atoms with Crippen LogP contribution < -0.4 is 21.3 Å². The number of hydrogen-bond acceptors (Lipinski definition) is 7. The molecule has 2 bridgehead atoms. The van der Waals surface area contributed by atoms with Crippen LogP contribution in [0.15, 0.2) is 4.42 Å². The van der Waals surface area contributed by atoms with Gasteiger partial charge in [-0.3, -0.25) is 20.7 Å². The van der Waals surface area contributed by atoms with Crippen molar-refractivity contribution in [2.45, 2.75) is 32.7 Å². The van der Waals surface area contributed by atoms with Crippen LogP contribution >= 0.6 is 0 Å². The predicted octanol–water partition coefficient (Wildman–Crippen LogP) is 0.314. The molecule has 2 rings (SSSR count). The minimum absolute atomic E-state index is 0.0930. The normalized spacial score (nSPS) is 19.4. The second kappa shape index (κ2) is 8.08. The molecule has 0 saturated heterocycles. The molecule has 1 aromatic heterocycles. The number of urea groups is 3. The van der Waals surface area contributed by atoms with Crippen molar-refractivity contribution in [3.05, 3.63) is 5.89 Å². The molecule has 0 fully saturated rings. The van der Waals surface area contributed by atoms with E-state index in [1.165, 1.54) is 4.90 Å². The zero-order valence-electron chi connectivity index (χ0n) is 13.8. The molecule has 12 nitrogen and oxygen atoms in total. The lowest BCUT2D eigenvalue weighted by atomic mass is 10.2. The Bertz CT molecular complexity index is 673. The van der Waals surface area contributed by atoms with E-state index in [2.05, 4.69) is 20.8 Å². The van der Waals surface area contributed by atoms with Gasteiger partial charge >= 0.3 is 24.1 Å². The van der Waals surface area contributed by atoms with E-state index in [0.717, 1.165) is 0 Å². The minimum Gasteiger partial charge on any atom is -0.405 e. The number of hydrogen-bond donors (Lipinski definition) is 4. The predicted molar refractivity (Wildman–Crippen MR) is 83.4 cm³/mol. The highest BCUT2D eigenvalue weighted by atomic mass is 16.4. The van der Waals surface area contributed by atoms with Gasteiger partial charge in [0.15, 0.2) is 0 Å². The van der Waals surface area contributed by atoms with E-state index in [-0.39, 0.29) is 18.5 Å². The number of nitrogens with zero attached hydrogens (tertiary/aromatic N) is 3. The van der Waals surface area contributed by atoms with Crippen molar-refractivity contribution in [3.8, 4) is 0 Å². The number of carbonyl (C=O) groups excluding carboxylic acids is 4. The lowest BCUT2D eigenvalue weighted by molar-refractivity contribution is -0.120. The van der Waals surface area contributed by atoms with E-state index in [0.29, 0.717) is 19.4 Å². The zero-order valence-corrected chi connectivity index (χ0v) is 13.8. The number of nitrogens with one attached hydrogen (secondary N) is 4. The average Bonchev–Trinajstić information content (AvgIpc) is 2.98. The van der Waals surface area contributed by atoms with Crippen LogP contribution in [0.5, 0.6) is 0 Å². The quantitative estimate of drug-likeness (QED) is 0.608. The Balaban J connectivity index is 2.28. The summed E-state index contributed by atoms with van der Waals surface area (Å²) in [6.45, 7) is 3.59. The highest BCUT2D eigenvalue weighted by Crippen LogP contribution is 2.17. The van der Waals surface area contributed by atoms with Gasteiger partial charge in [0.25, 0.3) is 0 Å². The summed E-state index contributed by atoms with van der Waals surface area (Å²) in [5.74, 6) is -0.636. The standard InChI is InChI=1S/C13H19N7O5/c1-3-5-20-6-8(21)15-10(22)16-11(23)17-12-19-18-9(25-12)7(4-2)14-13(20)24/h7H,3-6H2,1-2H3,(H,14,24)(H3,15,16,17,19,21,22,23). The van der Waals surface area contributed by atoms with Gasteiger partial charge in [-0.05, 0) is 12.8 Å². The number of amides is 7. The van der Waals surface area contributed by atoms with Crippen molar-refractivity contribution in [2.24, 2.45) is 0 Å². The van der Waals surface area contributed by atoms with Crippen LogP contribution in [0, 0.1) is 0 Å². The summed E-state index contributed by atoms with van der Waals surface area (Å²) in [6.07, 6.45) is 1.06. The molecule has 1 aliphatic heterocycles. The summed E-state index contributed by atoms with van der Waals surface area (Å²) in [4.78, 5) is 48.8. The van der Waals surface area contributed by atoms with Crippen molar-refractivity contribution in [2.75, 3.05) is 18.4 Å². The summed E-state index contributed by atoms with van der Waals surface area (Å²) < 4.78 is 5.28. The van der Waals surface area contributed by atoms with Crippen LogP contribution in [0.1, 0.15) is 38.6 Å². The van der Waals surface area contributed by atoms with Gasteiger partial charge < -0.3 is 14.6 Å². The van der Waals surface area contributed by atoms with Gasteiger partial charge in [0.2, 0.25) is 11.8 Å². The molecule has 1 aliphatic rings. The monoisotopic (exact) mass is 353 g/mol. The molecule has 1 unspecified atom stereocenters. The Kier molecular flexibility index (Phi) is 5.87. The lowest BCUT2D eigenvalue weighted by Crippen LogP contribution is -2.50. The van der Waals surface area contributed by atoms with Crippen molar-refractivity contribution in [1.82, 2.24) is 31.0 Å².